The standard InChI is InChI=1S/C11H15BrN2O/c1-2-11(14,7-10(13)15)8-3-5-9(12)6-4-8/h3-6H,2,7,14H2,1H3,(H2,13,15). The average molecular weight is 271 g/mol. The Balaban J connectivity index is 3.00. The van der Waals surface area contributed by atoms with Crippen molar-refractivity contribution in [3.05, 3.63) is 34.3 Å². The van der Waals surface area contributed by atoms with E-state index < -0.39 is 5.54 Å². The second-order valence-electron chi connectivity index (χ2n) is 3.66. The van der Waals surface area contributed by atoms with Crippen molar-refractivity contribution in [2.45, 2.75) is 25.3 Å². The molecule has 1 aromatic rings. The van der Waals surface area contributed by atoms with Crippen LogP contribution < -0.4 is 11.5 Å². The first-order valence-electron chi connectivity index (χ1n) is 4.81. The van der Waals surface area contributed by atoms with E-state index in [2.05, 4.69) is 15.9 Å². The van der Waals surface area contributed by atoms with Gasteiger partial charge >= 0.3 is 0 Å². The van der Waals surface area contributed by atoms with Crippen LogP contribution in [0.3, 0.4) is 0 Å². The van der Waals surface area contributed by atoms with Gasteiger partial charge in [-0.1, -0.05) is 35.0 Å². The molecule has 4 N–H and O–H groups in total. The van der Waals surface area contributed by atoms with Gasteiger partial charge in [-0.15, -0.1) is 0 Å². The van der Waals surface area contributed by atoms with Crippen molar-refractivity contribution in [2.75, 3.05) is 0 Å². The van der Waals surface area contributed by atoms with Crippen molar-refractivity contribution >= 4 is 21.8 Å². The number of carbonyl (C=O) groups is 1. The number of amides is 1. The predicted octanol–water partition coefficient (Wildman–Crippen LogP) is 1.89. The van der Waals surface area contributed by atoms with E-state index in [1.807, 2.05) is 31.2 Å². The molecule has 4 heteroatoms. The van der Waals surface area contributed by atoms with Gasteiger partial charge in [0.2, 0.25) is 5.91 Å². The summed E-state index contributed by atoms with van der Waals surface area (Å²) in [4.78, 5) is 10.9. The molecule has 0 heterocycles. The van der Waals surface area contributed by atoms with E-state index >= 15 is 0 Å². The van der Waals surface area contributed by atoms with E-state index in [9.17, 15) is 4.79 Å². The molecule has 1 rings (SSSR count). The first-order chi connectivity index (χ1) is 6.98. The zero-order valence-corrected chi connectivity index (χ0v) is 10.3. The van der Waals surface area contributed by atoms with Crippen LogP contribution in [0.2, 0.25) is 0 Å². The number of halogens is 1. The van der Waals surface area contributed by atoms with Crippen LogP contribution in [0.25, 0.3) is 0 Å². The third-order valence-electron chi connectivity index (χ3n) is 2.54. The number of primary amides is 1. The molecule has 0 saturated carbocycles. The van der Waals surface area contributed by atoms with Gasteiger partial charge in [0.25, 0.3) is 0 Å². The van der Waals surface area contributed by atoms with Crippen molar-refractivity contribution in [2.24, 2.45) is 11.5 Å². The highest BCUT2D eigenvalue weighted by atomic mass is 79.9. The Labute approximate surface area is 98.0 Å². The molecular weight excluding hydrogens is 256 g/mol. The molecule has 1 amide bonds. The molecule has 1 unspecified atom stereocenters. The lowest BCUT2D eigenvalue weighted by molar-refractivity contribution is -0.119. The molecule has 1 atom stereocenters. The Bertz CT molecular complexity index is 350. The fraction of sp³-hybridized carbons (Fsp3) is 0.364. The smallest absolute Gasteiger partial charge is 0.219 e. The molecule has 15 heavy (non-hydrogen) atoms. The Hall–Kier alpha value is -0.870. The maximum Gasteiger partial charge on any atom is 0.219 e. The predicted molar refractivity (Wildman–Crippen MR) is 64.1 cm³/mol. The molecule has 1 aromatic carbocycles. The van der Waals surface area contributed by atoms with Gasteiger partial charge < -0.3 is 11.5 Å². The first-order valence-corrected chi connectivity index (χ1v) is 5.60. The molecule has 0 saturated heterocycles. The van der Waals surface area contributed by atoms with Gasteiger partial charge in [0.1, 0.15) is 0 Å². The van der Waals surface area contributed by atoms with Gasteiger partial charge in [-0.05, 0) is 24.1 Å². The summed E-state index contributed by atoms with van der Waals surface area (Å²) in [6.07, 6.45) is 0.850. The van der Waals surface area contributed by atoms with Crippen molar-refractivity contribution in [3.8, 4) is 0 Å². The molecule has 0 radical (unpaired) electrons. The van der Waals surface area contributed by atoms with Crippen molar-refractivity contribution in [1.29, 1.82) is 0 Å². The molecule has 3 nitrogen and oxygen atoms in total. The summed E-state index contributed by atoms with van der Waals surface area (Å²) in [7, 11) is 0. The molecule has 0 aliphatic rings. The van der Waals surface area contributed by atoms with Crippen LogP contribution in [0, 0.1) is 0 Å². The van der Waals surface area contributed by atoms with Crippen molar-refractivity contribution < 1.29 is 4.79 Å². The van der Waals surface area contributed by atoms with Gasteiger partial charge in [0.15, 0.2) is 0 Å². The number of hydrogen-bond acceptors (Lipinski definition) is 2. The Kier molecular flexibility index (Phi) is 3.88. The summed E-state index contributed by atoms with van der Waals surface area (Å²) in [6.45, 7) is 1.95. The fourth-order valence-electron chi connectivity index (χ4n) is 1.52. The van der Waals surface area contributed by atoms with Gasteiger partial charge in [-0.25, -0.2) is 0 Å². The van der Waals surface area contributed by atoms with Crippen molar-refractivity contribution in [3.63, 3.8) is 0 Å². The van der Waals surface area contributed by atoms with Crippen LogP contribution in [0.1, 0.15) is 25.3 Å². The highest BCUT2D eigenvalue weighted by Gasteiger charge is 2.27. The van der Waals surface area contributed by atoms with Gasteiger partial charge in [0, 0.05) is 16.4 Å². The molecule has 82 valence electrons. The largest absolute Gasteiger partial charge is 0.370 e. The molecule has 0 spiro atoms. The number of rotatable bonds is 4. The highest BCUT2D eigenvalue weighted by Crippen LogP contribution is 2.26. The second-order valence-corrected chi connectivity index (χ2v) is 4.58. The molecule has 0 fully saturated rings. The number of carbonyl (C=O) groups excluding carboxylic acids is 1. The van der Waals surface area contributed by atoms with Crippen molar-refractivity contribution in [1.82, 2.24) is 0 Å². The Morgan fingerprint density at radius 1 is 1.40 bits per heavy atom. The topological polar surface area (TPSA) is 69.1 Å². The van der Waals surface area contributed by atoms with Gasteiger partial charge in [0.05, 0.1) is 0 Å². The second kappa shape index (κ2) is 4.77. The van der Waals surface area contributed by atoms with Crippen LogP contribution in [-0.2, 0) is 10.3 Å². The zero-order chi connectivity index (χ0) is 11.5. The Morgan fingerprint density at radius 2 is 1.93 bits per heavy atom. The summed E-state index contributed by atoms with van der Waals surface area (Å²) in [5, 5.41) is 0. The maximum atomic E-state index is 10.9. The maximum absolute atomic E-state index is 10.9. The van der Waals surface area contributed by atoms with Crippen LogP contribution in [-0.4, -0.2) is 5.91 Å². The molecule has 0 bridgehead atoms. The minimum absolute atomic E-state index is 0.172. The lowest BCUT2D eigenvalue weighted by Crippen LogP contribution is -2.40. The summed E-state index contributed by atoms with van der Waals surface area (Å²) < 4.78 is 0.990. The van der Waals surface area contributed by atoms with E-state index in [1.54, 1.807) is 0 Å². The zero-order valence-electron chi connectivity index (χ0n) is 8.66. The molecule has 0 aliphatic carbocycles. The van der Waals surface area contributed by atoms with Crippen LogP contribution in [0.5, 0.6) is 0 Å². The van der Waals surface area contributed by atoms with Gasteiger partial charge in [-0.2, -0.15) is 0 Å². The minimum atomic E-state index is -0.646. The third kappa shape index (κ3) is 3.04. The van der Waals surface area contributed by atoms with E-state index in [1.165, 1.54) is 0 Å². The fourth-order valence-corrected chi connectivity index (χ4v) is 1.79. The average Bonchev–Trinajstić information content (AvgIpc) is 2.17. The normalized spacial score (nSPS) is 14.6. The van der Waals surface area contributed by atoms with Crippen LogP contribution >= 0.6 is 15.9 Å². The van der Waals surface area contributed by atoms with E-state index in [4.69, 9.17) is 11.5 Å². The van der Waals surface area contributed by atoms with E-state index in [0.29, 0.717) is 6.42 Å². The molecule has 0 aromatic heterocycles. The summed E-state index contributed by atoms with van der Waals surface area (Å²) >= 11 is 3.35. The lowest BCUT2D eigenvalue weighted by Gasteiger charge is -2.27. The number of nitrogens with two attached hydrogens (primary N) is 2. The summed E-state index contributed by atoms with van der Waals surface area (Å²) in [5.41, 5.74) is 11.6. The number of hydrogen-bond donors (Lipinski definition) is 2. The van der Waals surface area contributed by atoms with E-state index in [0.717, 1.165) is 10.0 Å². The monoisotopic (exact) mass is 270 g/mol. The van der Waals surface area contributed by atoms with Crippen LogP contribution in [0.4, 0.5) is 0 Å². The summed E-state index contributed by atoms with van der Waals surface area (Å²) in [5.74, 6) is -0.373. The quantitative estimate of drug-likeness (QED) is 0.878. The first kappa shape index (κ1) is 12.2. The third-order valence-corrected chi connectivity index (χ3v) is 3.07. The lowest BCUT2D eigenvalue weighted by atomic mass is 9.85. The molecule has 0 aliphatic heterocycles. The molecular formula is C11H15BrN2O. The van der Waals surface area contributed by atoms with Crippen LogP contribution in [0.15, 0.2) is 28.7 Å². The van der Waals surface area contributed by atoms with E-state index in [-0.39, 0.29) is 12.3 Å². The minimum Gasteiger partial charge on any atom is -0.370 e. The highest BCUT2D eigenvalue weighted by molar-refractivity contribution is 9.10. The van der Waals surface area contributed by atoms with Gasteiger partial charge in [-0.3, -0.25) is 4.79 Å². The number of benzene rings is 1. The summed E-state index contributed by atoms with van der Waals surface area (Å²) in [6, 6.07) is 7.65. The Morgan fingerprint density at radius 3 is 2.33 bits per heavy atom. The SMILES string of the molecule is CCC(N)(CC(N)=O)c1ccc(Br)cc1.